The van der Waals surface area contributed by atoms with Gasteiger partial charge in [0.25, 0.3) is 0 Å². The van der Waals surface area contributed by atoms with Crippen LogP contribution in [-0.4, -0.2) is 53.8 Å². The number of aliphatic hydroxyl groups excluding tert-OH is 1. The van der Waals surface area contributed by atoms with Crippen molar-refractivity contribution >= 4 is 16.5 Å². The molecule has 1 saturated heterocycles. The summed E-state index contributed by atoms with van der Waals surface area (Å²) in [4.78, 5) is 7.21. The van der Waals surface area contributed by atoms with Gasteiger partial charge >= 0.3 is 6.18 Å². The van der Waals surface area contributed by atoms with Gasteiger partial charge in [0.1, 0.15) is 4.88 Å². The Morgan fingerprint density at radius 1 is 1.35 bits per heavy atom. The number of aliphatic hydroxyl groups is 1. The smallest absolute Gasteiger partial charge is 0.392 e. The molecule has 1 atom stereocenters. The van der Waals surface area contributed by atoms with E-state index in [9.17, 15) is 18.3 Å². The summed E-state index contributed by atoms with van der Waals surface area (Å²) in [7, 11) is 0. The third-order valence-corrected chi connectivity index (χ3v) is 4.46. The van der Waals surface area contributed by atoms with E-state index >= 15 is 0 Å². The fraction of sp³-hybridized carbons (Fsp3) is 0.750. The first kappa shape index (κ1) is 15.5. The maximum absolute atomic E-state index is 12.5. The third-order valence-electron chi connectivity index (χ3n) is 3.36. The van der Waals surface area contributed by atoms with E-state index in [1.165, 1.54) is 0 Å². The zero-order valence-corrected chi connectivity index (χ0v) is 12.0. The number of nitrogens with zero attached hydrogens (tertiary/aromatic N) is 3. The van der Waals surface area contributed by atoms with E-state index in [0.29, 0.717) is 42.5 Å². The molecule has 0 bridgehead atoms. The molecule has 20 heavy (non-hydrogen) atoms. The van der Waals surface area contributed by atoms with Crippen molar-refractivity contribution < 1.29 is 18.3 Å². The molecule has 114 valence electrons. The molecule has 1 aliphatic heterocycles. The van der Waals surface area contributed by atoms with Gasteiger partial charge in [-0.2, -0.15) is 13.2 Å². The number of halogens is 3. The number of β-amino-alcohol motifs (C(OH)–C–C–N with tert-alkyl or cyclic N) is 1. The number of aromatic nitrogens is 1. The highest BCUT2D eigenvalue weighted by Crippen LogP contribution is 2.36. The molecule has 1 N–H and O–H groups in total. The molecule has 0 unspecified atom stereocenters. The highest BCUT2D eigenvalue weighted by molar-refractivity contribution is 7.15. The molecule has 0 saturated carbocycles. The molecule has 8 heteroatoms. The number of hydrogen-bond acceptors (Lipinski definition) is 5. The first-order chi connectivity index (χ1) is 9.40. The van der Waals surface area contributed by atoms with Crippen molar-refractivity contribution in [1.82, 2.24) is 9.88 Å². The van der Waals surface area contributed by atoms with E-state index in [1.54, 1.807) is 0 Å². The lowest BCUT2D eigenvalue weighted by Gasteiger charge is -2.35. The van der Waals surface area contributed by atoms with Crippen molar-refractivity contribution in [3.63, 3.8) is 0 Å². The van der Waals surface area contributed by atoms with Crippen LogP contribution in [0.25, 0.3) is 0 Å². The molecular formula is C12H18F3N3OS. The van der Waals surface area contributed by atoms with Gasteiger partial charge in [-0.15, -0.1) is 0 Å². The summed E-state index contributed by atoms with van der Waals surface area (Å²) in [6, 6.07) is 0. The molecule has 0 spiro atoms. The molecule has 2 rings (SSSR count). The fourth-order valence-corrected chi connectivity index (χ4v) is 2.93. The van der Waals surface area contributed by atoms with Gasteiger partial charge in [-0.1, -0.05) is 18.3 Å². The molecule has 1 aromatic rings. The second kappa shape index (κ2) is 6.28. The van der Waals surface area contributed by atoms with Crippen LogP contribution in [0.15, 0.2) is 6.20 Å². The summed E-state index contributed by atoms with van der Waals surface area (Å²) in [5, 5.41) is 10.0. The van der Waals surface area contributed by atoms with Gasteiger partial charge < -0.3 is 10.0 Å². The number of thiazole rings is 1. The quantitative estimate of drug-likeness (QED) is 0.924. The van der Waals surface area contributed by atoms with Crippen molar-refractivity contribution in [1.29, 1.82) is 0 Å². The van der Waals surface area contributed by atoms with Crippen LogP contribution in [0.3, 0.4) is 0 Å². The number of hydrogen-bond donors (Lipinski definition) is 1. The zero-order chi connectivity index (χ0) is 14.8. The van der Waals surface area contributed by atoms with Crippen LogP contribution in [0.2, 0.25) is 0 Å². The Balaban J connectivity index is 1.89. The third kappa shape index (κ3) is 3.83. The van der Waals surface area contributed by atoms with Gasteiger partial charge in [0, 0.05) is 32.7 Å². The minimum absolute atomic E-state index is 0.335. The predicted octanol–water partition coefficient (Wildman–Crippen LogP) is 2.05. The van der Waals surface area contributed by atoms with Crippen LogP contribution in [0, 0.1) is 0 Å². The summed E-state index contributed by atoms with van der Waals surface area (Å²) in [5.41, 5.74) is 0. The van der Waals surface area contributed by atoms with E-state index in [-0.39, 0.29) is 6.10 Å². The molecule has 1 aromatic heterocycles. The van der Waals surface area contributed by atoms with Gasteiger partial charge in [-0.3, -0.25) is 4.90 Å². The van der Waals surface area contributed by atoms with Crippen LogP contribution in [0.4, 0.5) is 18.3 Å². The van der Waals surface area contributed by atoms with Crippen molar-refractivity contribution in [2.24, 2.45) is 0 Å². The lowest BCUT2D eigenvalue weighted by Crippen LogP contribution is -2.48. The van der Waals surface area contributed by atoms with Crippen LogP contribution in [0.5, 0.6) is 0 Å². The SMILES string of the molecule is CC[C@@H](O)CN1CCN(c2ncc(C(F)(F)F)s2)CC1. The lowest BCUT2D eigenvalue weighted by molar-refractivity contribution is -0.134. The Labute approximate surface area is 119 Å². The Bertz CT molecular complexity index is 430. The van der Waals surface area contributed by atoms with Crippen molar-refractivity contribution in [3.05, 3.63) is 11.1 Å². The van der Waals surface area contributed by atoms with Crippen LogP contribution in [0.1, 0.15) is 18.2 Å². The maximum Gasteiger partial charge on any atom is 0.427 e. The maximum atomic E-state index is 12.5. The fourth-order valence-electron chi connectivity index (χ4n) is 2.09. The topological polar surface area (TPSA) is 39.6 Å². The van der Waals surface area contributed by atoms with E-state index in [1.807, 2.05) is 11.8 Å². The van der Waals surface area contributed by atoms with E-state index in [4.69, 9.17) is 0 Å². The molecule has 2 heterocycles. The summed E-state index contributed by atoms with van der Waals surface area (Å²) < 4.78 is 37.6. The van der Waals surface area contributed by atoms with Crippen molar-refractivity contribution in [2.45, 2.75) is 25.6 Å². The van der Waals surface area contributed by atoms with Gasteiger partial charge in [-0.05, 0) is 6.42 Å². The average molecular weight is 309 g/mol. The average Bonchev–Trinajstić information content (AvgIpc) is 2.89. The molecule has 0 aliphatic carbocycles. The Kier molecular flexibility index (Phi) is 4.87. The van der Waals surface area contributed by atoms with E-state index < -0.39 is 11.1 Å². The second-order valence-corrected chi connectivity index (χ2v) is 5.86. The van der Waals surface area contributed by atoms with Gasteiger partial charge in [0.15, 0.2) is 5.13 Å². The standard InChI is InChI=1S/C12H18F3N3OS/c1-2-9(19)8-17-3-5-18(6-4-17)11-16-7-10(20-11)12(13,14)15/h7,9,19H,2-6,8H2,1H3/t9-/m1/s1. The minimum Gasteiger partial charge on any atom is -0.392 e. The summed E-state index contributed by atoms with van der Waals surface area (Å²) in [5.74, 6) is 0. The van der Waals surface area contributed by atoms with Crippen LogP contribution >= 0.6 is 11.3 Å². The second-order valence-electron chi connectivity index (χ2n) is 4.85. The number of anilines is 1. The predicted molar refractivity (Wildman–Crippen MR) is 72.1 cm³/mol. The number of piperazine rings is 1. The molecule has 0 radical (unpaired) electrons. The van der Waals surface area contributed by atoms with Crippen molar-refractivity contribution in [2.75, 3.05) is 37.6 Å². The highest BCUT2D eigenvalue weighted by Gasteiger charge is 2.34. The molecular weight excluding hydrogens is 291 g/mol. The number of rotatable bonds is 4. The summed E-state index contributed by atoms with van der Waals surface area (Å²) in [6.45, 7) is 5.30. The van der Waals surface area contributed by atoms with E-state index in [2.05, 4.69) is 9.88 Å². The molecule has 1 aliphatic rings. The molecule has 4 nitrogen and oxygen atoms in total. The van der Waals surface area contributed by atoms with Crippen LogP contribution in [-0.2, 0) is 6.18 Å². The largest absolute Gasteiger partial charge is 0.427 e. The van der Waals surface area contributed by atoms with Crippen LogP contribution < -0.4 is 4.90 Å². The number of alkyl halides is 3. The Morgan fingerprint density at radius 3 is 2.50 bits per heavy atom. The monoisotopic (exact) mass is 309 g/mol. The van der Waals surface area contributed by atoms with Gasteiger partial charge in [0.05, 0.1) is 12.3 Å². The zero-order valence-electron chi connectivity index (χ0n) is 11.2. The normalized spacial score (nSPS) is 19.4. The van der Waals surface area contributed by atoms with Gasteiger partial charge in [0.2, 0.25) is 0 Å². The highest BCUT2D eigenvalue weighted by atomic mass is 32.1. The summed E-state index contributed by atoms with van der Waals surface area (Å²) in [6.07, 6.45) is -3.05. The first-order valence-electron chi connectivity index (χ1n) is 6.58. The molecule has 0 aromatic carbocycles. The molecule has 0 amide bonds. The lowest BCUT2D eigenvalue weighted by atomic mass is 10.2. The summed E-state index contributed by atoms with van der Waals surface area (Å²) >= 11 is 0.688. The van der Waals surface area contributed by atoms with E-state index in [0.717, 1.165) is 19.3 Å². The minimum atomic E-state index is -4.32. The first-order valence-corrected chi connectivity index (χ1v) is 7.40. The Morgan fingerprint density at radius 2 is 2.00 bits per heavy atom. The Hall–Kier alpha value is -0.860. The molecule has 1 fully saturated rings. The van der Waals surface area contributed by atoms with Crippen molar-refractivity contribution in [3.8, 4) is 0 Å². The van der Waals surface area contributed by atoms with Gasteiger partial charge in [-0.25, -0.2) is 4.98 Å².